The smallest absolute Gasteiger partial charge is 0.0701 e. The Kier molecular flexibility index (Phi) is 9.70. The van der Waals surface area contributed by atoms with Gasteiger partial charge in [0.1, 0.15) is 0 Å². The lowest BCUT2D eigenvalue weighted by atomic mass is 10.7. The Bertz CT molecular complexity index is 73.1. The lowest BCUT2D eigenvalue weighted by molar-refractivity contribution is 0.0205. The monoisotopic (exact) mass is 256 g/mol. The second-order valence-electron chi connectivity index (χ2n) is 2.55. The molecule has 0 spiro atoms. The van der Waals surface area contributed by atoms with Crippen molar-refractivity contribution < 1.29 is 14.2 Å². The van der Waals surface area contributed by atoms with Crippen LogP contribution in [0.2, 0.25) is 0 Å². The maximum absolute atomic E-state index is 5.37. The van der Waals surface area contributed by atoms with Crippen molar-refractivity contribution in [3.05, 3.63) is 0 Å². The fourth-order valence-corrected chi connectivity index (χ4v) is 4.26. The van der Waals surface area contributed by atoms with Gasteiger partial charge in [-0.3, -0.25) is 0 Å². The molecule has 0 saturated carbocycles. The topological polar surface area (TPSA) is 27.7 Å². The third-order valence-corrected chi connectivity index (χ3v) is 5.63. The quantitative estimate of drug-likeness (QED) is 0.616. The summed E-state index contributed by atoms with van der Waals surface area (Å²) in [6.45, 7) is 4.37. The van der Waals surface area contributed by atoms with Crippen LogP contribution in [0.3, 0.4) is 0 Å². The van der Waals surface area contributed by atoms with Gasteiger partial charge in [0, 0.05) is 11.5 Å². The minimum atomic E-state index is 0.677. The predicted molar refractivity (Wildman–Crippen MR) is 65.0 cm³/mol. The van der Waals surface area contributed by atoms with Crippen LogP contribution in [-0.4, -0.2) is 51.1 Å². The lowest BCUT2D eigenvalue weighted by Gasteiger charge is -2.08. The third-order valence-electron chi connectivity index (χ3n) is 1.46. The van der Waals surface area contributed by atoms with E-state index in [0.717, 1.165) is 24.7 Å². The summed E-state index contributed by atoms with van der Waals surface area (Å²) >= 11 is 0. The van der Waals surface area contributed by atoms with Crippen LogP contribution in [0.15, 0.2) is 0 Å². The summed E-state index contributed by atoms with van der Waals surface area (Å²) in [6.07, 6.45) is 0. The van der Waals surface area contributed by atoms with E-state index in [9.17, 15) is 0 Å². The van der Waals surface area contributed by atoms with Crippen LogP contribution in [0.5, 0.6) is 0 Å². The molecule has 0 amide bonds. The van der Waals surface area contributed by atoms with Gasteiger partial charge in [0.15, 0.2) is 0 Å². The third kappa shape index (κ3) is 8.26. The molecule has 1 aliphatic heterocycles. The van der Waals surface area contributed by atoms with Crippen LogP contribution >= 0.6 is 31.4 Å². The Morgan fingerprint density at radius 1 is 0.571 bits per heavy atom. The molecule has 84 valence electrons. The number of hydrogen-bond acceptors (Lipinski definition) is 6. The second-order valence-corrected chi connectivity index (χ2v) is 7.02. The van der Waals surface area contributed by atoms with E-state index in [-0.39, 0.29) is 0 Å². The van der Waals surface area contributed by atoms with Crippen molar-refractivity contribution >= 4 is 31.4 Å². The van der Waals surface area contributed by atoms with Gasteiger partial charge in [-0.15, -0.1) is 0 Å². The molecule has 1 aliphatic rings. The summed E-state index contributed by atoms with van der Waals surface area (Å²) in [6, 6.07) is 0. The number of rotatable bonds is 0. The van der Waals surface area contributed by atoms with E-state index in [2.05, 4.69) is 0 Å². The molecule has 0 radical (unpaired) electrons. The molecule has 0 N–H and O–H groups in total. The van der Waals surface area contributed by atoms with Crippen molar-refractivity contribution in [1.82, 2.24) is 0 Å². The van der Waals surface area contributed by atoms with Gasteiger partial charge in [0.2, 0.25) is 0 Å². The van der Waals surface area contributed by atoms with Crippen molar-refractivity contribution in [2.45, 2.75) is 0 Å². The van der Waals surface area contributed by atoms with Gasteiger partial charge < -0.3 is 14.2 Å². The van der Waals surface area contributed by atoms with Crippen LogP contribution in [0.25, 0.3) is 0 Å². The first-order valence-electron chi connectivity index (χ1n) is 4.64. The van der Waals surface area contributed by atoms with Gasteiger partial charge in [-0.2, -0.15) is 0 Å². The van der Waals surface area contributed by atoms with Gasteiger partial charge in [-0.25, -0.2) is 0 Å². The molecule has 3 nitrogen and oxygen atoms in total. The molecule has 6 heteroatoms. The van der Waals surface area contributed by atoms with Crippen LogP contribution in [-0.2, 0) is 14.2 Å². The van der Waals surface area contributed by atoms with Gasteiger partial charge in [0.25, 0.3) is 0 Å². The summed E-state index contributed by atoms with van der Waals surface area (Å²) < 4.78 is 16.0. The lowest BCUT2D eigenvalue weighted by Crippen LogP contribution is -2.11. The van der Waals surface area contributed by atoms with Crippen LogP contribution in [0.4, 0.5) is 0 Å². The average Bonchev–Trinajstić information content (AvgIpc) is 2.22. The fourth-order valence-electron chi connectivity index (χ4n) is 0.830. The van der Waals surface area contributed by atoms with Crippen LogP contribution in [0, 0.1) is 0 Å². The Labute approximate surface area is 96.8 Å². The molecular formula is C8H16O3S3. The molecule has 0 unspecified atom stereocenters. The zero-order chi connectivity index (χ0) is 9.90. The minimum absolute atomic E-state index is 0.677. The standard InChI is InChI=1S/C8H16O3S3/c1-3-10-5-7-12-14-13-8-6-11-4-2-9-1/h1-8H2. The summed E-state index contributed by atoms with van der Waals surface area (Å²) in [5.41, 5.74) is 0. The predicted octanol–water partition coefficient (Wildman–Crippen LogP) is 2.08. The second kappa shape index (κ2) is 10.4. The molecule has 1 fully saturated rings. The van der Waals surface area contributed by atoms with Crippen LogP contribution in [0.1, 0.15) is 0 Å². The Hall–Kier alpha value is 0.930. The maximum Gasteiger partial charge on any atom is 0.0701 e. The van der Waals surface area contributed by atoms with E-state index < -0.39 is 0 Å². The summed E-state index contributed by atoms with van der Waals surface area (Å²) in [4.78, 5) is 0. The zero-order valence-corrected chi connectivity index (χ0v) is 10.6. The highest BCUT2D eigenvalue weighted by Gasteiger charge is 1.96. The van der Waals surface area contributed by atoms with Crippen molar-refractivity contribution in [2.24, 2.45) is 0 Å². The molecule has 1 saturated heterocycles. The first-order valence-corrected chi connectivity index (χ1v) is 8.46. The molecular weight excluding hydrogens is 240 g/mol. The van der Waals surface area contributed by atoms with E-state index in [1.165, 1.54) is 0 Å². The molecule has 0 aromatic rings. The van der Waals surface area contributed by atoms with Gasteiger partial charge in [-0.1, -0.05) is 21.6 Å². The largest absolute Gasteiger partial charge is 0.378 e. The molecule has 0 aromatic carbocycles. The first kappa shape index (κ1) is 13.0. The first-order chi connectivity index (χ1) is 7.00. The van der Waals surface area contributed by atoms with Crippen LogP contribution < -0.4 is 0 Å². The number of ether oxygens (including phenoxy) is 3. The molecule has 14 heavy (non-hydrogen) atoms. The fraction of sp³-hybridized carbons (Fsp3) is 1.00. The molecule has 1 rings (SSSR count). The van der Waals surface area contributed by atoms with E-state index in [1.807, 2.05) is 31.4 Å². The zero-order valence-electron chi connectivity index (χ0n) is 8.11. The van der Waals surface area contributed by atoms with Crippen molar-refractivity contribution in [2.75, 3.05) is 51.1 Å². The van der Waals surface area contributed by atoms with E-state index in [1.54, 1.807) is 0 Å². The summed E-state index contributed by atoms with van der Waals surface area (Å²) in [5.74, 6) is 2.08. The van der Waals surface area contributed by atoms with Gasteiger partial charge >= 0.3 is 0 Å². The normalized spacial score (nSPS) is 24.0. The highest BCUT2D eigenvalue weighted by Crippen LogP contribution is 2.33. The minimum Gasteiger partial charge on any atom is -0.378 e. The Balaban J connectivity index is 2.00. The van der Waals surface area contributed by atoms with E-state index in [4.69, 9.17) is 14.2 Å². The summed E-state index contributed by atoms with van der Waals surface area (Å²) in [7, 11) is 5.50. The molecule has 0 aliphatic carbocycles. The Morgan fingerprint density at radius 3 is 1.50 bits per heavy atom. The van der Waals surface area contributed by atoms with E-state index in [0.29, 0.717) is 26.4 Å². The number of hydrogen-bond donors (Lipinski definition) is 0. The molecule has 0 atom stereocenters. The molecule has 0 aromatic heterocycles. The van der Waals surface area contributed by atoms with Crippen molar-refractivity contribution in [1.29, 1.82) is 0 Å². The van der Waals surface area contributed by atoms with Crippen molar-refractivity contribution in [3.63, 3.8) is 0 Å². The molecule has 0 bridgehead atoms. The highest BCUT2D eigenvalue weighted by atomic mass is 33.5. The Morgan fingerprint density at radius 2 is 1.00 bits per heavy atom. The van der Waals surface area contributed by atoms with Gasteiger partial charge in [-0.05, 0) is 9.83 Å². The summed E-state index contributed by atoms with van der Waals surface area (Å²) in [5, 5.41) is 0. The highest BCUT2D eigenvalue weighted by molar-refractivity contribution is 9.09. The molecule has 1 heterocycles. The van der Waals surface area contributed by atoms with E-state index >= 15 is 0 Å². The SMILES string of the molecule is C1COCCSSSCCOCCO1. The maximum atomic E-state index is 5.37. The average molecular weight is 256 g/mol. The van der Waals surface area contributed by atoms with Gasteiger partial charge in [0.05, 0.1) is 39.6 Å². The van der Waals surface area contributed by atoms with Crippen molar-refractivity contribution in [3.8, 4) is 0 Å².